The maximum atomic E-state index is 12.8. The summed E-state index contributed by atoms with van der Waals surface area (Å²) < 4.78 is 72.1. The van der Waals surface area contributed by atoms with Crippen LogP contribution in [0.3, 0.4) is 0 Å². The van der Waals surface area contributed by atoms with Crippen LogP contribution in [0.1, 0.15) is 186 Å². The Morgan fingerprint density at radius 3 is 1.30 bits per heavy atom. The van der Waals surface area contributed by atoms with E-state index in [-0.39, 0.29) is 11.8 Å². The van der Waals surface area contributed by atoms with Crippen molar-refractivity contribution in [1.82, 2.24) is 4.98 Å². The van der Waals surface area contributed by atoms with Gasteiger partial charge in [0.15, 0.2) is 11.5 Å². The van der Waals surface area contributed by atoms with E-state index < -0.39 is 11.6 Å². The molecule has 12 aromatic rings. The van der Waals surface area contributed by atoms with Crippen LogP contribution in [-0.2, 0) is 38.5 Å². The summed E-state index contributed by atoms with van der Waals surface area (Å²) in [6.07, 6.45) is 0.974. The number of hydrogen-bond acceptors (Lipinski definition) is 7. The van der Waals surface area contributed by atoms with Gasteiger partial charge in [0, 0.05) is 33.4 Å². The van der Waals surface area contributed by atoms with Crippen molar-refractivity contribution in [1.29, 1.82) is 0 Å². The average molecular weight is 1270 g/mol. The number of rotatable bonds is 7. The van der Waals surface area contributed by atoms with E-state index in [1.165, 1.54) is 63.2 Å². The highest BCUT2D eigenvalue weighted by Crippen LogP contribution is 2.41. The first-order chi connectivity index (χ1) is 42.9. The Bertz CT molecular complexity index is 4190. The van der Waals surface area contributed by atoms with Crippen LogP contribution in [-0.4, -0.2) is 11.2 Å². The highest BCUT2D eigenvalue weighted by molar-refractivity contribution is 5.83. The zero-order valence-electron chi connectivity index (χ0n) is 60.1. The van der Waals surface area contributed by atoms with Crippen molar-refractivity contribution < 1.29 is 39.7 Å². The molecule has 0 aliphatic rings. The fraction of sp³-hybridized carbons (Fsp3) is 0.434. The number of furan rings is 5. The van der Waals surface area contributed by atoms with Crippen molar-refractivity contribution in [3.63, 3.8) is 0 Å². The van der Waals surface area contributed by atoms with E-state index in [1.807, 2.05) is 58.9 Å². The number of aryl methyl sites for hydroxylation is 6. The molecule has 6 aromatic carbocycles. The molecule has 12 rings (SSSR count). The lowest BCUT2D eigenvalue weighted by Crippen LogP contribution is -2.34. The second kappa shape index (κ2) is 28.9. The molecule has 0 aliphatic carbocycles. The Labute approximate surface area is 551 Å². The third-order valence-corrected chi connectivity index (χ3v) is 15.2. The standard InChI is InChI=1S/C14H15F3O.4C14H18O.C13H17NO/c1-9-6-11-7-10(4-5-12(11)18-9)8-13(2,3)14(15,16)17;1-10-7-12-8-11(9-14(2,3)4)5-6-13(12)15-10;1-10-7-12-6-5-11(8-13(12)15-10)9-14(2,3)4;1-10-8-12-11(9-14(2,3)4)6-5-7-13(12)15-10;1-10-8-11-6-5-7-12(13(11)15-10)9-14(2,3)4;1-9-5-6-11-10(7-9)14-12(15-11)8-13(2,3)4/h4-7H,8H2,1-3H3;4*5-8H,9H2,1-4H3;5-7H,8H2,1-4H3. The first-order valence-corrected chi connectivity index (χ1v) is 32.8. The van der Waals surface area contributed by atoms with Crippen LogP contribution in [0.15, 0.2) is 166 Å². The van der Waals surface area contributed by atoms with Gasteiger partial charge in [0.1, 0.15) is 62.2 Å². The lowest BCUT2D eigenvalue weighted by Gasteiger charge is -2.27. The molecule has 7 nitrogen and oxygen atoms in total. The number of nitrogens with zero attached hydrogens (tertiary/aromatic N) is 1. The minimum absolute atomic E-state index is 0.0311. The van der Waals surface area contributed by atoms with Crippen LogP contribution in [0, 0.1) is 74.0 Å². The second-order valence-electron chi connectivity index (χ2n) is 32.4. The van der Waals surface area contributed by atoms with Gasteiger partial charge < -0.3 is 26.5 Å². The van der Waals surface area contributed by atoms with Crippen molar-refractivity contribution in [2.75, 3.05) is 0 Å². The number of para-hydroxylation sites is 1. The monoisotopic (exact) mass is 1270 g/mol. The summed E-state index contributed by atoms with van der Waals surface area (Å²) in [4.78, 5) is 4.49. The normalized spacial score (nSPS) is 12.5. The van der Waals surface area contributed by atoms with Crippen molar-refractivity contribution >= 4 is 65.9 Å². The number of oxazole rings is 1. The van der Waals surface area contributed by atoms with Gasteiger partial charge in [-0.15, -0.1) is 0 Å². The molecule has 0 unspecified atom stereocenters. The van der Waals surface area contributed by atoms with Crippen molar-refractivity contribution in [2.45, 2.75) is 204 Å². The molecular weight excluding hydrogens is 1160 g/mol. The summed E-state index contributed by atoms with van der Waals surface area (Å²) in [6.45, 7) is 48.0. The summed E-state index contributed by atoms with van der Waals surface area (Å²) in [5.74, 6) is 5.55. The number of alkyl halides is 3. The Balaban J connectivity index is 0.000000158. The van der Waals surface area contributed by atoms with Gasteiger partial charge in [-0.2, -0.15) is 13.2 Å². The molecule has 0 N–H and O–H groups in total. The van der Waals surface area contributed by atoms with Crippen LogP contribution < -0.4 is 0 Å². The average Bonchev–Trinajstić information content (AvgIpc) is 1.86. The van der Waals surface area contributed by atoms with Gasteiger partial charge in [0.05, 0.1) is 5.41 Å². The molecule has 6 aromatic heterocycles. The number of aromatic nitrogens is 1. The van der Waals surface area contributed by atoms with Gasteiger partial charge in [-0.25, -0.2) is 4.98 Å². The Kier molecular flexibility index (Phi) is 22.6. The first-order valence-electron chi connectivity index (χ1n) is 32.8. The summed E-state index contributed by atoms with van der Waals surface area (Å²) >= 11 is 0. The maximum absolute atomic E-state index is 12.8. The summed E-state index contributed by atoms with van der Waals surface area (Å²) in [5, 5.41) is 5.75. The molecule has 0 fully saturated rings. The molecule has 0 spiro atoms. The lowest BCUT2D eigenvalue weighted by molar-refractivity contribution is -0.211. The number of hydrogen-bond donors (Lipinski definition) is 0. The van der Waals surface area contributed by atoms with E-state index in [2.05, 4.69) is 213 Å². The molecule has 0 bridgehead atoms. The molecule has 0 amide bonds. The predicted octanol–water partition coefficient (Wildman–Crippen LogP) is 25.9. The minimum atomic E-state index is -4.20. The van der Waals surface area contributed by atoms with Crippen LogP contribution in [0.5, 0.6) is 0 Å². The van der Waals surface area contributed by atoms with E-state index >= 15 is 0 Å². The zero-order valence-corrected chi connectivity index (χ0v) is 60.1. The van der Waals surface area contributed by atoms with E-state index in [0.717, 1.165) is 106 Å². The summed E-state index contributed by atoms with van der Waals surface area (Å²) in [6, 6.07) is 47.2. The fourth-order valence-electron chi connectivity index (χ4n) is 11.4. The molecule has 10 heteroatoms. The molecule has 0 aliphatic heterocycles. The van der Waals surface area contributed by atoms with Gasteiger partial charge in [-0.1, -0.05) is 178 Å². The SMILES string of the molecule is Cc1cc2c(CC(C)(C)C)cccc2o1.Cc1cc2cc(CC(C)(C)C(F)(F)F)ccc2o1.Cc1cc2cc(CC(C)(C)C)ccc2o1.Cc1cc2ccc(CC(C)(C)C)cc2o1.Cc1cc2cccc(CC(C)(C)C)c2o1.Cc1ccc2oc(CC(C)(C)C)nc2c1. The van der Waals surface area contributed by atoms with E-state index in [4.69, 9.17) is 26.5 Å². The van der Waals surface area contributed by atoms with Crippen LogP contribution >= 0.6 is 0 Å². The summed E-state index contributed by atoms with van der Waals surface area (Å²) in [7, 11) is 0. The van der Waals surface area contributed by atoms with Gasteiger partial charge in [-0.3, -0.25) is 0 Å². The number of benzene rings is 6. The van der Waals surface area contributed by atoms with E-state index in [9.17, 15) is 13.2 Å². The first kappa shape index (κ1) is 72.7. The molecule has 93 heavy (non-hydrogen) atoms. The maximum Gasteiger partial charge on any atom is 0.394 e. The smallest absolute Gasteiger partial charge is 0.394 e. The molecular formula is C83H104F3NO6. The minimum Gasteiger partial charge on any atom is -0.461 e. The summed E-state index contributed by atoms with van der Waals surface area (Å²) in [5.41, 5.74) is 13.7. The zero-order chi connectivity index (χ0) is 68.8. The number of fused-ring (bicyclic) bond motifs is 6. The largest absolute Gasteiger partial charge is 0.461 e. The van der Waals surface area contributed by atoms with Crippen LogP contribution in [0.25, 0.3) is 65.9 Å². The third kappa shape index (κ3) is 22.5. The van der Waals surface area contributed by atoms with Crippen molar-refractivity contribution in [3.8, 4) is 0 Å². The lowest BCUT2D eigenvalue weighted by atomic mass is 9.85. The fourth-order valence-corrected chi connectivity index (χ4v) is 11.4. The molecule has 0 atom stereocenters. The quantitative estimate of drug-likeness (QED) is 0.157. The van der Waals surface area contributed by atoms with Crippen molar-refractivity contribution in [3.05, 3.63) is 208 Å². The highest BCUT2D eigenvalue weighted by atomic mass is 19.4. The van der Waals surface area contributed by atoms with Gasteiger partial charge in [0.25, 0.3) is 0 Å². The van der Waals surface area contributed by atoms with Gasteiger partial charge >= 0.3 is 6.18 Å². The van der Waals surface area contributed by atoms with E-state index in [0.29, 0.717) is 32.8 Å². The Morgan fingerprint density at radius 1 is 0.323 bits per heavy atom. The van der Waals surface area contributed by atoms with Crippen LogP contribution in [0.4, 0.5) is 13.2 Å². The number of halogens is 3. The molecule has 0 radical (unpaired) electrons. The van der Waals surface area contributed by atoms with Crippen molar-refractivity contribution in [2.24, 2.45) is 32.5 Å². The molecule has 498 valence electrons. The molecule has 0 saturated heterocycles. The van der Waals surface area contributed by atoms with Gasteiger partial charge in [0.2, 0.25) is 0 Å². The van der Waals surface area contributed by atoms with Crippen LogP contribution in [0.2, 0.25) is 0 Å². The Hall–Kier alpha value is -7.72. The third-order valence-electron chi connectivity index (χ3n) is 15.2. The Morgan fingerprint density at radius 2 is 0.753 bits per heavy atom. The highest BCUT2D eigenvalue weighted by Gasteiger charge is 2.47. The predicted molar refractivity (Wildman–Crippen MR) is 383 cm³/mol. The molecule has 0 saturated carbocycles. The second-order valence-corrected chi connectivity index (χ2v) is 32.4. The van der Waals surface area contributed by atoms with E-state index in [1.54, 1.807) is 18.2 Å². The van der Waals surface area contributed by atoms with Gasteiger partial charge in [-0.05, 0) is 213 Å². The topological polar surface area (TPSA) is 91.7 Å². The molecule has 6 heterocycles.